The van der Waals surface area contributed by atoms with Gasteiger partial charge in [-0.2, -0.15) is 0 Å². The topological polar surface area (TPSA) is 61.9 Å². The standard InChI is InChI=1S/C23H25FN4O/c1-23(2,3)22-26-20-8-9-28(14-19(20)21(29)27-22)13-15-10-17(12-25-11-15)16-4-6-18(24)7-5-16/h4-7,10-12H,8-9,13-14H2,1-3H3,(H,26,27,29). The van der Waals surface area contributed by atoms with Gasteiger partial charge in [-0.25, -0.2) is 9.37 Å². The zero-order valence-electron chi connectivity index (χ0n) is 17.0. The molecule has 1 N–H and O–H groups in total. The molecule has 2 aromatic heterocycles. The molecule has 5 nitrogen and oxygen atoms in total. The summed E-state index contributed by atoms with van der Waals surface area (Å²) >= 11 is 0. The van der Waals surface area contributed by atoms with Gasteiger partial charge in [0.2, 0.25) is 0 Å². The van der Waals surface area contributed by atoms with Crippen LogP contribution in [0.5, 0.6) is 0 Å². The predicted octanol–water partition coefficient (Wildman–Crippen LogP) is 3.83. The van der Waals surface area contributed by atoms with Crippen LogP contribution in [0, 0.1) is 5.82 Å². The summed E-state index contributed by atoms with van der Waals surface area (Å²) in [5.41, 5.74) is 4.39. The van der Waals surface area contributed by atoms with Crippen molar-refractivity contribution in [2.45, 2.75) is 45.7 Å². The lowest BCUT2D eigenvalue weighted by molar-refractivity contribution is 0.240. The van der Waals surface area contributed by atoms with Crippen LogP contribution in [0.15, 0.2) is 47.5 Å². The minimum absolute atomic E-state index is 0.0391. The van der Waals surface area contributed by atoms with Crippen LogP contribution in [0.1, 0.15) is 43.4 Å². The number of pyridine rings is 1. The number of aromatic nitrogens is 3. The lowest BCUT2D eigenvalue weighted by Crippen LogP contribution is -2.37. The highest BCUT2D eigenvalue weighted by atomic mass is 19.1. The molecule has 0 unspecified atom stereocenters. The second-order valence-electron chi connectivity index (χ2n) is 8.64. The highest BCUT2D eigenvalue weighted by Gasteiger charge is 2.24. The van der Waals surface area contributed by atoms with Gasteiger partial charge in [-0.15, -0.1) is 0 Å². The zero-order valence-corrected chi connectivity index (χ0v) is 17.0. The molecule has 0 spiro atoms. The van der Waals surface area contributed by atoms with Gasteiger partial charge in [-0.3, -0.25) is 14.7 Å². The van der Waals surface area contributed by atoms with Crippen LogP contribution < -0.4 is 5.56 Å². The van der Waals surface area contributed by atoms with E-state index in [1.807, 2.05) is 27.0 Å². The molecule has 0 amide bonds. The summed E-state index contributed by atoms with van der Waals surface area (Å²) in [5, 5.41) is 0. The van der Waals surface area contributed by atoms with Crippen molar-refractivity contribution in [1.82, 2.24) is 19.9 Å². The van der Waals surface area contributed by atoms with E-state index in [2.05, 4.69) is 20.9 Å². The summed E-state index contributed by atoms with van der Waals surface area (Å²) in [5.74, 6) is 0.490. The van der Waals surface area contributed by atoms with Crippen molar-refractivity contribution in [2.24, 2.45) is 0 Å². The minimum atomic E-state index is -0.252. The van der Waals surface area contributed by atoms with Gasteiger partial charge in [-0.05, 0) is 29.3 Å². The van der Waals surface area contributed by atoms with Gasteiger partial charge in [0.1, 0.15) is 11.6 Å². The van der Waals surface area contributed by atoms with Gasteiger partial charge in [0.15, 0.2) is 0 Å². The third-order valence-electron chi connectivity index (χ3n) is 5.24. The first-order valence-corrected chi connectivity index (χ1v) is 9.84. The molecular weight excluding hydrogens is 367 g/mol. The number of halogens is 1. The van der Waals surface area contributed by atoms with Crippen LogP contribution in [0.3, 0.4) is 0 Å². The van der Waals surface area contributed by atoms with Crippen LogP contribution in [-0.4, -0.2) is 26.4 Å². The molecule has 4 rings (SSSR count). The maximum absolute atomic E-state index is 13.2. The Hall–Kier alpha value is -2.86. The molecular formula is C23H25FN4O. The smallest absolute Gasteiger partial charge is 0.255 e. The van der Waals surface area contributed by atoms with Gasteiger partial charge in [0.05, 0.1) is 11.3 Å². The van der Waals surface area contributed by atoms with Crippen LogP contribution in [0.25, 0.3) is 11.1 Å². The molecule has 0 fully saturated rings. The first-order chi connectivity index (χ1) is 13.8. The average molecular weight is 392 g/mol. The van der Waals surface area contributed by atoms with E-state index in [1.165, 1.54) is 12.1 Å². The zero-order chi connectivity index (χ0) is 20.6. The maximum Gasteiger partial charge on any atom is 0.255 e. The first-order valence-electron chi connectivity index (χ1n) is 9.84. The Morgan fingerprint density at radius 3 is 2.62 bits per heavy atom. The SMILES string of the molecule is CC(C)(C)c1nc2c(c(=O)[nH]1)CN(Cc1cncc(-c3ccc(F)cc3)c1)CC2. The lowest BCUT2D eigenvalue weighted by atomic mass is 9.95. The van der Waals surface area contributed by atoms with E-state index in [0.29, 0.717) is 13.1 Å². The van der Waals surface area contributed by atoms with Crippen molar-refractivity contribution in [1.29, 1.82) is 0 Å². The van der Waals surface area contributed by atoms with Gasteiger partial charge >= 0.3 is 0 Å². The van der Waals surface area contributed by atoms with Crippen LogP contribution >= 0.6 is 0 Å². The van der Waals surface area contributed by atoms with Crippen molar-refractivity contribution in [3.05, 3.63) is 81.5 Å². The van der Waals surface area contributed by atoms with Crippen molar-refractivity contribution < 1.29 is 4.39 Å². The molecule has 0 radical (unpaired) electrons. The van der Waals surface area contributed by atoms with E-state index in [-0.39, 0.29) is 16.8 Å². The van der Waals surface area contributed by atoms with E-state index in [4.69, 9.17) is 4.98 Å². The second-order valence-corrected chi connectivity index (χ2v) is 8.64. The molecule has 29 heavy (non-hydrogen) atoms. The highest BCUT2D eigenvalue weighted by molar-refractivity contribution is 5.62. The fourth-order valence-electron chi connectivity index (χ4n) is 3.60. The number of aromatic amines is 1. The maximum atomic E-state index is 13.2. The quantitative estimate of drug-likeness (QED) is 0.736. The fraction of sp³-hybridized carbons (Fsp3) is 0.348. The molecule has 0 atom stereocenters. The van der Waals surface area contributed by atoms with E-state index in [0.717, 1.165) is 46.7 Å². The van der Waals surface area contributed by atoms with E-state index >= 15 is 0 Å². The van der Waals surface area contributed by atoms with Gasteiger partial charge < -0.3 is 4.98 Å². The van der Waals surface area contributed by atoms with Gasteiger partial charge in [-0.1, -0.05) is 32.9 Å². The van der Waals surface area contributed by atoms with Crippen molar-refractivity contribution in [3.8, 4) is 11.1 Å². The average Bonchev–Trinajstić information content (AvgIpc) is 2.68. The number of fused-ring (bicyclic) bond motifs is 1. The van der Waals surface area contributed by atoms with Crippen LogP contribution in [0.4, 0.5) is 4.39 Å². The summed E-state index contributed by atoms with van der Waals surface area (Å²) in [4.78, 5) is 26.9. The van der Waals surface area contributed by atoms with Crippen molar-refractivity contribution >= 4 is 0 Å². The Balaban J connectivity index is 1.53. The van der Waals surface area contributed by atoms with Crippen LogP contribution in [0.2, 0.25) is 0 Å². The largest absolute Gasteiger partial charge is 0.310 e. The number of hydrogen-bond acceptors (Lipinski definition) is 4. The fourth-order valence-corrected chi connectivity index (χ4v) is 3.60. The number of rotatable bonds is 3. The molecule has 0 saturated heterocycles. The lowest BCUT2D eigenvalue weighted by Gasteiger charge is -2.29. The normalized spacial score (nSPS) is 14.6. The number of H-pyrrole nitrogens is 1. The molecule has 3 heterocycles. The predicted molar refractivity (Wildman–Crippen MR) is 111 cm³/mol. The van der Waals surface area contributed by atoms with Crippen LogP contribution in [-0.2, 0) is 24.9 Å². The Morgan fingerprint density at radius 2 is 1.90 bits per heavy atom. The molecule has 1 aliphatic heterocycles. The molecule has 3 aromatic rings. The second kappa shape index (κ2) is 7.52. The van der Waals surface area contributed by atoms with E-state index in [9.17, 15) is 9.18 Å². The number of nitrogens with zero attached hydrogens (tertiary/aromatic N) is 3. The summed E-state index contributed by atoms with van der Waals surface area (Å²) < 4.78 is 13.2. The molecule has 6 heteroatoms. The Labute approximate surface area is 169 Å². The molecule has 0 saturated carbocycles. The molecule has 0 aliphatic carbocycles. The number of hydrogen-bond donors (Lipinski definition) is 1. The van der Waals surface area contributed by atoms with Gasteiger partial charge in [0, 0.05) is 49.4 Å². The summed E-state index contributed by atoms with van der Waals surface area (Å²) in [6, 6.07) is 8.49. The Morgan fingerprint density at radius 1 is 1.14 bits per heavy atom. The summed E-state index contributed by atoms with van der Waals surface area (Å²) in [6.45, 7) is 8.26. The van der Waals surface area contributed by atoms with E-state index < -0.39 is 0 Å². The number of benzene rings is 1. The van der Waals surface area contributed by atoms with Gasteiger partial charge in [0.25, 0.3) is 5.56 Å². The third kappa shape index (κ3) is 4.27. The van der Waals surface area contributed by atoms with Crippen molar-refractivity contribution in [2.75, 3.05) is 6.54 Å². The monoisotopic (exact) mass is 392 g/mol. The molecule has 0 bridgehead atoms. The summed E-state index contributed by atoms with van der Waals surface area (Å²) in [6.07, 6.45) is 4.38. The molecule has 1 aromatic carbocycles. The Kier molecular flexibility index (Phi) is 5.04. The van der Waals surface area contributed by atoms with Crippen molar-refractivity contribution in [3.63, 3.8) is 0 Å². The molecule has 150 valence electrons. The van der Waals surface area contributed by atoms with E-state index in [1.54, 1.807) is 18.3 Å². The third-order valence-corrected chi connectivity index (χ3v) is 5.24. The summed E-state index contributed by atoms with van der Waals surface area (Å²) in [7, 11) is 0. The minimum Gasteiger partial charge on any atom is -0.310 e. The molecule has 1 aliphatic rings. The Bertz CT molecular complexity index is 1080. The number of nitrogens with one attached hydrogen (secondary N) is 1. The highest BCUT2D eigenvalue weighted by Crippen LogP contribution is 2.23. The first kappa shape index (κ1) is 19.5.